The van der Waals surface area contributed by atoms with Gasteiger partial charge in [-0.05, 0) is 43.2 Å². The van der Waals surface area contributed by atoms with Gasteiger partial charge in [-0.1, -0.05) is 35.9 Å². The molecule has 2 aromatic carbocycles. The molecule has 1 aliphatic carbocycles. The van der Waals surface area contributed by atoms with Crippen LogP contribution in [0.3, 0.4) is 0 Å². The number of rotatable bonds is 6. The number of carbonyl (C=O) groups excluding carboxylic acids is 1. The summed E-state index contributed by atoms with van der Waals surface area (Å²) in [5, 5.41) is 3.90. The van der Waals surface area contributed by atoms with Crippen LogP contribution in [0.4, 0.5) is 11.4 Å². The highest BCUT2D eigenvalue weighted by atomic mass is 35.5. The normalized spacial score (nSPS) is 16.8. The van der Waals surface area contributed by atoms with E-state index in [4.69, 9.17) is 21.3 Å². The lowest BCUT2D eigenvalue weighted by Gasteiger charge is -2.24. The van der Waals surface area contributed by atoms with E-state index in [2.05, 4.69) is 5.32 Å². The molecule has 178 valence electrons. The summed E-state index contributed by atoms with van der Waals surface area (Å²) in [5.74, 6) is 0.172. The average molecular weight is 481 g/mol. The van der Waals surface area contributed by atoms with Crippen molar-refractivity contribution in [3.8, 4) is 11.4 Å². The first kappa shape index (κ1) is 23.8. The molecule has 0 fully saturated rings. The number of ether oxygens (including phenoxy) is 1. The Hall–Kier alpha value is -3.32. The van der Waals surface area contributed by atoms with Crippen molar-refractivity contribution in [1.82, 2.24) is 9.55 Å². The minimum Gasteiger partial charge on any atom is -0.460 e. The van der Waals surface area contributed by atoms with Crippen LogP contribution in [0.25, 0.3) is 11.4 Å². The number of fused-ring (bicyclic) bond motifs is 1. The van der Waals surface area contributed by atoms with Gasteiger partial charge in [0.2, 0.25) is 0 Å². The Bertz CT molecular complexity index is 1300. The molecule has 3 aromatic rings. The van der Waals surface area contributed by atoms with Gasteiger partial charge in [0.1, 0.15) is 17.6 Å². The summed E-state index contributed by atoms with van der Waals surface area (Å²) in [7, 11) is 3.89. The quantitative estimate of drug-likeness (QED) is 0.520. The number of benzene rings is 2. The SMILES string of the molecule is CCn1c(-c2ccc(N(C)C)cc2Cl)nc(C)c(NC2c3ccccc3C[C@@H]2OC(C)=O)c1=O. The van der Waals surface area contributed by atoms with Crippen molar-refractivity contribution in [2.75, 3.05) is 24.3 Å². The van der Waals surface area contributed by atoms with E-state index in [0.29, 0.717) is 40.8 Å². The monoisotopic (exact) mass is 480 g/mol. The zero-order chi connectivity index (χ0) is 24.6. The van der Waals surface area contributed by atoms with Crippen LogP contribution in [0.5, 0.6) is 0 Å². The predicted molar refractivity (Wildman–Crippen MR) is 136 cm³/mol. The number of halogens is 1. The van der Waals surface area contributed by atoms with Gasteiger partial charge in [0.05, 0.1) is 16.8 Å². The third kappa shape index (κ3) is 4.40. The van der Waals surface area contributed by atoms with E-state index < -0.39 is 6.10 Å². The first-order chi connectivity index (χ1) is 16.2. The van der Waals surface area contributed by atoms with Crippen LogP contribution in [-0.4, -0.2) is 35.7 Å². The Balaban J connectivity index is 1.77. The number of nitrogens with one attached hydrogen (secondary N) is 1. The van der Waals surface area contributed by atoms with Crippen molar-refractivity contribution in [2.45, 2.75) is 45.9 Å². The largest absolute Gasteiger partial charge is 0.460 e. The van der Waals surface area contributed by atoms with Gasteiger partial charge in [0.15, 0.2) is 0 Å². The van der Waals surface area contributed by atoms with Gasteiger partial charge in [-0.2, -0.15) is 0 Å². The Labute approximate surface area is 204 Å². The van der Waals surface area contributed by atoms with Crippen LogP contribution in [0, 0.1) is 6.92 Å². The molecule has 0 radical (unpaired) electrons. The van der Waals surface area contributed by atoms with Gasteiger partial charge in [-0.3, -0.25) is 14.2 Å². The van der Waals surface area contributed by atoms with Crippen LogP contribution >= 0.6 is 11.6 Å². The van der Waals surface area contributed by atoms with E-state index in [9.17, 15) is 9.59 Å². The lowest BCUT2D eigenvalue weighted by atomic mass is 10.1. The van der Waals surface area contributed by atoms with Gasteiger partial charge in [-0.25, -0.2) is 4.98 Å². The second-order valence-electron chi connectivity index (χ2n) is 8.68. The fourth-order valence-electron chi connectivity index (χ4n) is 4.50. The highest BCUT2D eigenvalue weighted by Gasteiger charge is 2.35. The molecule has 34 heavy (non-hydrogen) atoms. The molecule has 0 saturated heterocycles. The fourth-order valence-corrected chi connectivity index (χ4v) is 4.76. The summed E-state index contributed by atoms with van der Waals surface area (Å²) in [4.78, 5) is 32.1. The van der Waals surface area contributed by atoms with Crippen LogP contribution in [-0.2, 0) is 22.5 Å². The zero-order valence-electron chi connectivity index (χ0n) is 20.1. The number of nitrogens with zero attached hydrogens (tertiary/aromatic N) is 3. The average Bonchev–Trinajstić information content (AvgIpc) is 3.12. The number of esters is 1. The standard InChI is InChI=1S/C26H29ClN4O3/c1-6-31-25(20-12-11-18(30(4)5)14-21(20)27)28-15(2)23(26(31)33)29-24-19-10-8-7-9-17(19)13-22(24)34-16(3)32/h7-12,14,22,24,29H,6,13H2,1-5H3/t22-,24?/m0/s1. The molecule has 7 nitrogen and oxygen atoms in total. The molecular formula is C26H29ClN4O3. The van der Waals surface area contributed by atoms with E-state index in [1.165, 1.54) is 6.92 Å². The first-order valence-corrected chi connectivity index (χ1v) is 11.7. The van der Waals surface area contributed by atoms with Gasteiger partial charge in [0, 0.05) is 45.2 Å². The number of anilines is 2. The van der Waals surface area contributed by atoms with Crippen LogP contribution in [0.1, 0.15) is 36.7 Å². The Kier molecular flexibility index (Phi) is 6.66. The molecule has 2 atom stereocenters. The van der Waals surface area contributed by atoms with Gasteiger partial charge >= 0.3 is 5.97 Å². The fraction of sp³-hybridized carbons (Fsp3) is 0.346. The molecule has 1 aromatic heterocycles. The van der Waals surface area contributed by atoms with E-state index in [1.54, 1.807) is 11.5 Å². The smallest absolute Gasteiger partial charge is 0.302 e. The van der Waals surface area contributed by atoms with Gasteiger partial charge in [0.25, 0.3) is 5.56 Å². The molecule has 1 heterocycles. The number of aromatic nitrogens is 2. The summed E-state index contributed by atoms with van der Waals surface area (Å²) in [6.45, 7) is 5.53. The Morgan fingerprint density at radius 2 is 2.00 bits per heavy atom. The molecule has 0 spiro atoms. The highest BCUT2D eigenvalue weighted by molar-refractivity contribution is 6.33. The number of hydrogen-bond donors (Lipinski definition) is 1. The third-order valence-corrected chi connectivity index (χ3v) is 6.49. The van der Waals surface area contributed by atoms with Crippen molar-refractivity contribution in [3.05, 3.63) is 74.7 Å². The van der Waals surface area contributed by atoms with Crippen molar-refractivity contribution in [2.24, 2.45) is 0 Å². The molecule has 1 N–H and O–H groups in total. The second kappa shape index (κ2) is 9.50. The molecular weight excluding hydrogens is 452 g/mol. The second-order valence-corrected chi connectivity index (χ2v) is 9.08. The van der Waals surface area contributed by atoms with Gasteiger partial charge < -0.3 is 15.0 Å². The summed E-state index contributed by atoms with van der Waals surface area (Å²) in [6, 6.07) is 13.3. The molecule has 0 amide bonds. The van der Waals surface area contributed by atoms with Crippen molar-refractivity contribution in [1.29, 1.82) is 0 Å². The minimum absolute atomic E-state index is 0.191. The van der Waals surface area contributed by atoms with Crippen molar-refractivity contribution < 1.29 is 9.53 Å². The minimum atomic E-state index is -0.406. The molecule has 1 aliphatic rings. The third-order valence-electron chi connectivity index (χ3n) is 6.18. The number of aryl methyl sites for hydroxylation is 1. The molecule has 1 unspecified atom stereocenters. The lowest BCUT2D eigenvalue weighted by molar-refractivity contribution is -0.146. The van der Waals surface area contributed by atoms with Crippen LogP contribution in [0.15, 0.2) is 47.3 Å². The van der Waals surface area contributed by atoms with E-state index in [0.717, 1.165) is 16.8 Å². The molecule has 4 rings (SSSR count). The van der Waals surface area contributed by atoms with E-state index in [1.807, 2.05) is 68.4 Å². The first-order valence-electron chi connectivity index (χ1n) is 11.3. The molecule has 0 bridgehead atoms. The summed E-state index contributed by atoms with van der Waals surface area (Å²) in [6.07, 6.45) is 0.185. The maximum Gasteiger partial charge on any atom is 0.302 e. The Morgan fingerprint density at radius 1 is 1.26 bits per heavy atom. The highest BCUT2D eigenvalue weighted by Crippen LogP contribution is 2.36. The predicted octanol–water partition coefficient (Wildman–Crippen LogP) is 4.60. The van der Waals surface area contributed by atoms with E-state index in [-0.39, 0.29) is 17.6 Å². The molecule has 0 saturated carbocycles. The zero-order valence-corrected chi connectivity index (χ0v) is 20.8. The van der Waals surface area contributed by atoms with Crippen molar-refractivity contribution in [3.63, 3.8) is 0 Å². The van der Waals surface area contributed by atoms with E-state index >= 15 is 0 Å². The molecule has 0 aliphatic heterocycles. The maximum absolute atomic E-state index is 13.6. The number of carbonyl (C=O) groups is 1. The summed E-state index contributed by atoms with van der Waals surface area (Å²) in [5.41, 5.74) is 4.53. The van der Waals surface area contributed by atoms with Gasteiger partial charge in [-0.15, -0.1) is 0 Å². The molecule has 8 heteroatoms. The maximum atomic E-state index is 13.6. The van der Waals surface area contributed by atoms with Crippen molar-refractivity contribution >= 4 is 28.9 Å². The summed E-state index contributed by atoms with van der Waals surface area (Å²) < 4.78 is 7.22. The number of hydrogen-bond acceptors (Lipinski definition) is 6. The Morgan fingerprint density at radius 3 is 2.65 bits per heavy atom. The lowest BCUT2D eigenvalue weighted by Crippen LogP contribution is -2.32. The topological polar surface area (TPSA) is 76.5 Å². The summed E-state index contributed by atoms with van der Waals surface area (Å²) >= 11 is 6.60. The van der Waals surface area contributed by atoms with Crippen LogP contribution in [0.2, 0.25) is 5.02 Å². The van der Waals surface area contributed by atoms with Crippen LogP contribution < -0.4 is 15.8 Å².